The van der Waals surface area contributed by atoms with Crippen molar-refractivity contribution >= 4 is 5.71 Å². The van der Waals surface area contributed by atoms with Crippen LogP contribution in [0.1, 0.15) is 24.0 Å². The molecule has 94 valence electrons. The second kappa shape index (κ2) is 5.23. The van der Waals surface area contributed by atoms with Gasteiger partial charge in [-0.3, -0.25) is 4.99 Å². The average Bonchev–Trinajstić information content (AvgIpc) is 2.49. The summed E-state index contributed by atoms with van der Waals surface area (Å²) >= 11 is 0. The maximum atomic E-state index is 4.45. The van der Waals surface area contributed by atoms with Crippen LogP contribution in [0.15, 0.2) is 65.8 Å². The zero-order valence-corrected chi connectivity index (χ0v) is 11.1. The van der Waals surface area contributed by atoms with Crippen molar-refractivity contribution in [1.82, 2.24) is 0 Å². The molecule has 0 N–H and O–H groups in total. The van der Waals surface area contributed by atoms with Crippen molar-refractivity contribution < 1.29 is 0 Å². The molecule has 1 heteroatoms. The van der Waals surface area contributed by atoms with E-state index in [4.69, 9.17) is 0 Å². The van der Waals surface area contributed by atoms with Crippen molar-refractivity contribution in [1.29, 1.82) is 0 Å². The number of hydrogen-bond donors (Lipinski definition) is 0. The van der Waals surface area contributed by atoms with Gasteiger partial charge in [0, 0.05) is 11.9 Å². The fourth-order valence-corrected chi connectivity index (χ4v) is 2.32. The highest BCUT2D eigenvalue weighted by molar-refractivity contribution is 6.01. The molecule has 0 saturated heterocycles. The van der Waals surface area contributed by atoms with Crippen molar-refractivity contribution in [2.45, 2.75) is 19.8 Å². The Bertz CT molecular complexity index is 616. The molecule has 1 heterocycles. The maximum Gasteiger partial charge on any atom is 0.0478 e. The topological polar surface area (TPSA) is 12.4 Å². The summed E-state index contributed by atoms with van der Waals surface area (Å²) in [5, 5.41) is 0. The van der Waals surface area contributed by atoms with E-state index >= 15 is 0 Å². The minimum atomic E-state index is 1.04. The Hall–Kier alpha value is -2.15. The van der Waals surface area contributed by atoms with E-state index in [-0.39, 0.29) is 0 Å². The summed E-state index contributed by atoms with van der Waals surface area (Å²) in [6.45, 7) is 2.11. The molecule has 0 amide bonds. The van der Waals surface area contributed by atoms with Gasteiger partial charge in [0.15, 0.2) is 0 Å². The molecule has 0 spiro atoms. The first-order chi connectivity index (χ1) is 9.33. The highest BCUT2D eigenvalue weighted by Gasteiger charge is 2.05. The predicted molar refractivity (Wildman–Crippen MR) is 81.5 cm³/mol. The minimum Gasteiger partial charge on any atom is -0.261 e. The lowest BCUT2D eigenvalue weighted by atomic mass is 9.99. The van der Waals surface area contributed by atoms with Crippen molar-refractivity contribution in [3.8, 4) is 11.1 Å². The molecule has 0 saturated carbocycles. The van der Waals surface area contributed by atoms with Crippen molar-refractivity contribution in [3.63, 3.8) is 0 Å². The molecule has 0 atom stereocenters. The van der Waals surface area contributed by atoms with E-state index in [0.717, 1.165) is 12.8 Å². The number of rotatable bonds is 2. The highest BCUT2D eigenvalue weighted by Crippen LogP contribution is 2.21. The van der Waals surface area contributed by atoms with Gasteiger partial charge in [0.05, 0.1) is 0 Å². The van der Waals surface area contributed by atoms with Gasteiger partial charge in [-0.15, -0.1) is 0 Å². The summed E-state index contributed by atoms with van der Waals surface area (Å²) in [6, 6.07) is 17.4. The Morgan fingerprint density at radius 3 is 1.95 bits per heavy atom. The largest absolute Gasteiger partial charge is 0.261 e. The van der Waals surface area contributed by atoms with Gasteiger partial charge in [0.1, 0.15) is 0 Å². The van der Waals surface area contributed by atoms with E-state index in [2.05, 4.69) is 66.5 Å². The van der Waals surface area contributed by atoms with Crippen LogP contribution in [0.4, 0.5) is 0 Å². The third kappa shape index (κ3) is 2.65. The fourth-order valence-electron chi connectivity index (χ4n) is 2.32. The van der Waals surface area contributed by atoms with Crippen LogP contribution < -0.4 is 0 Å². The number of allylic oxidation sites excluding steroid dienone is 1. The monoisotopic (exact) mass is 247 g/mol. The molecule has 19 heavy (non-hydrogen) atoms. The zero-order valence-electron chi connectivity index (χ0n) is 11.1. The zero-order chi connectivity index (χ0) is 13.1. The lowest BCUT2D eigenvalue weighted by molar-refractivity contribution is 1.06. The van der Waals surface area contributed by atoms with E-state index in [1.165, 1.54) is 28.0 Å². The van der Waals surface area contributed by atoms with Gasteiger partial charge < -0.3 is 0 Å². The maximum absolute atomic E-state index is 4.45. The molecule has 3 rings (SSSR count). The van der Waals surface area contributed by atoms with Crippen molar-refractivity contribution in [3.05, 3.63) is 71.9 Å². The first-order valence-corrected chi connectivity index (χ1v) is 6.72. The highest BCUT2D eigenvalue weighted by atomic mass is 14.7. The van der Waals surface area contributed by atoms with Crippen LogP contribution in [0.25, 0.3) is 11.1 Å². The van der Waals surface area contributed by atoms with Crippen molar-refractivity contribution in [2.75, 3.05) is 0 Å². The molecule has 0 aliphatic carbocycles. The fraction of sp³-hybridized carbons (Fsp3) is 0.167. The Kier molecular flexibility index (Phi) is 3.28. The number of nitrogens with zero attached hydrogens (tertiary/aromatic N) is 1. The first kappa shape index (κ1) is 11.9. The Morgan fingerprint density at radius 2 is 1.37 bits per heavy atom. The quantitative estimate of drug-likeness (QED) is 0.725. The molecular formula is C18H17N. The van der Waals surface area contributed by atoms with Crippen LogP contribution in [0.2, 0.25) is 0 Å². The van der Waals surface area contributed by atoms with Gasteiger partial charge in [-0.05, 0) is 36.5 Å². The van der Waals surface area contributed by atoms with Crippen molar-refractivity contribution in [2.24, 2.45) is 4.99 Å². The number of aryl methyl sites for hydroxylation is 1. The van der Waals surface area contributed by atoms with E-state index in [1.807, 2.05) is 6.20 Å². The Balaban J connectivity index is 1.88. The summed E-state index contributed by atoms with van der Waals surface area (Å²) < 4.78 is 0. The molecule has 1 aliphatic rings. The molecule has 0 radical (unpaired) electrons. The number of aliphatic imine (C=N–C) groups is 1. The Morgan fingerprint density at radius 1 is 0.789 bits per heavy atom. The van der Waals surface area contributed by atoms with Crippen LogP contribution in [0.3, 0.4) is 0 Å². The molecule has 0 unspecified atom stereocenters. The third-order valence-corrected chi connectivity index (χ3v) is 3.49. The molecule has 0 bridgehead atoms. The summed E-state index contributed by atoms with van der Waals surface area (Å²) in [5.41, 5.74) is 6.25. The van der Waals surface area contributed by atoms with E-state index in [0.29, 0.717) is 0 Å². The van der Waals surface area contributed by atoms with Gasteiger partial charge >= 0.3 is 0 Å². The summed E-state index contributed by atoms with van der Waals surface area (Å²) in [6.07, 6.45) is 6.16. The van der Waals surface area contributed by atoms with E-state index in [1.54, 1.807) is 0 Å². The molecule has 2 aromatic rings. The second-order valence-electron chi connectivity index (χ2n) is 4.94. The molecule has 1 aliphatic heterocycles. The lowest BCUT2D eigenvalue weighted by Crippen LogP contribution is -2.02. The SMILES string of the molecule is Cc1ccc(-c2ccc(C3=NC=CCC3)cc2)cc1. The van der Waals surface area contributed by atoms with Gasteiger partial charge in [-0.1, -0.05) is 60.2 Å². The second-order valence-corrected chi connectivity index (χ2v) is 4.94. The number of hydrogen-bond acceptors (Lipinski definition) is 1. The van der Waals surface area contributed by atoms with Crippen LogP contribution >= 0.6 is 0 Å². The van der Waals surface area contributed by atoms with Crippen LogP contribution in [-0.2, 0) is 0 Å². The predicted octanol–water partition coefficient (Wildman–Crippen LogP) is 4.76. The van der Waals surface area contributed by atoms with E-state index < -0.39 is 0 Å². The normalized spacial score (nSPS) is 14.3. The van der Waals surface area contributed by atoms with Gasteiger partial charge in [-0.25, -0.2) is 0 Å². The average molecular weight is 247 g/mol. The van der Waals surface area contributed by atoms with Gasteiger partial charge in [0.2, 0.25) is 0 Å². The standard InChI is InChI=1S/C18H17N/c1-14-5-7-15(8-6-14)16-9-11-17(12-10-16)18-4-2-3-13-19-18/h3,5-13H,2,4H2,1H3. The summed E-state index contributed by atoms with van der Waals surface area (Å²) in [5.74, 6) is 0. The summed E-state index contributed by atoms with van der Waals surface area (Å²) in [4.78, 5) is 4.45. The van der Waals surface area contributed by atoms with Crippen LogP contribution in [-0.4, -0.2) is 5.71 Å². The lowest BCUT2D eigenvalue weighted by Gasteiger charge is -2.09. The molecule has 0 aromatic heterocycles. The summed E-state index contributed by atoms with van der Waals surface area (Å²) in [7, 11) is 0. The minimum absolute atomic E-state index is 1.04. The van der Waals surface area contributed by atoms with Gasteiger partial charge in [0.25, 0.3) is 0 Å². The molecular weight excluding hydrogens is 230 g/mol. The smallest absolute Gasteiger partial charge is 0.0478 e. The van der Waals surface area contributed by atoms with E-state index in [9.17, 15) is 0 Å². The first-order valence-electron chi connectivity index (χ1n) is 6.72. The Labute approximate surface area is 114 Å². The molecule has 1 nitrogen and oxygen atoms in total. The van der Waals surface area contributed by atoms with Crippen LogP contribution in [0, 0.1) is 6.92 Å². The third-order valence-electron chi connectivity index (χ3n) is 3.49. The molecule has 0 fully saturated rings. The van der Waals surface area contributed by atoms with Gasteiger partial charge in [-0.2, -0.15) is 0 Å². The van der Waals surface area contributed by atoms with Crippen LogP contribution in [0.5, 0.6) is 0 Å². The molecule has 2 aromatic carbocycles. The number of benzene rings is 2.